The second-order valence-corrected chi connectivity index (χ2v) is 3.70. The summed E-state index contributed by atoms with van der Waals surface area (Å²) >= 11 is 0. The Labute approximate surface area is 106 Å². The molecule has 0 amide bonds. The minimum Gasteiger partial charge on any atom is -0.356 e. The van der Waals surface area contributed by atoms with Crippen molar-refractivity contribution in [3.05, 3.63) is 35.5 Å². The minimum absolute atomic E-state index is 0.369. The molecule has 0 bridgehead atoms. The Bertz CT molecular complexity index is 417. The fourth-order valence-corrected chi connectivity index (χ4v) is 1.36. The van der Waals surface area contributed by atoms with Crippen molar-refractivity contribution in [1.82, 2.24) is 0 Å². The van der Waals surface area contributed by atoms with E-state index in [2.05, 4.69) is 11.9 Å². The van der Waals surface area contributed by atoms with E-state index >= 15 is 0 Å². The third kappa shape index (κ3) is 3.45. The quantitative estimate of drug-likeness (QED) is 0.380. The minimum atomic E-state index is -1.84. The van der Waals surface area contributed by atoms with E-state index in [9.17, 15) is 17.6 Å². The lowest BCUT2D eigenvalue weighted by atomic mass is 10.2. The highest BCUT2D eigenvalue weighted by molar-refractivity contribution is 7.28. The molecule has 1 rings (SSSR count). The van der Waals surface area contributed by atoms with Crippen LogP contribution in [-0.4, -0.2) is 0 Å². The summed E-state index contributed by atoms with van der Waals surface area (Å²) in [6.07, 6.45) is 0.449. The van der Waals surface area contributed by atoms with Crippen LogP contribution in [0.4, 0.5) is 23.2 Å². The highest BCUT2D eigenvalue weighted by Gasteiger charge is 2.23. The molecule has 6 heteroatoms. The van der Waals surface area contributed by atoms with Gasteiger partial charge in [0, 0.05) is 11.0 Å². The highest BCUT2D eigenvalue weighted by Crippen LogP contribution is 2.24. The van der Waals surface area contributed by atoms with Gasteiger partial charge in [-0.1, -0.05) is 36.6 Å². The van der Waals surface area contributed by atoms with Crippen LogP contribution >= 0.6 is 9.24 Å². The van der Waals surface area contributed by atoms with Crippen molar-refractivity contribution in [3.8, 4) is 0 Å². The zero-order valence-corrected chi connectivity index (χ0v) is 11.7. The van der Waals surface area contributed by atoms with Crippen molar-refractivity contribution < 1.29 is 17.6 Å². The van der Waals surface area contributed by atoms with E-state index in [4.69, 9.17) is 0 Å². The van der Waals surface area contributed by atoms with Crippen molar-refractivity contribution in [3.63, 3.8) is 0 Å². The van der Waals surface area contributed by atoms with Gasteiger partial charge in [-0.2, -0.15) is 0 Å². The van der Waals surface area contributed by atoms with Gasteiger partial charge in [-0.05, 0) is 6.42 Å². The number of anilines is 1. The standard InChI is InChI=1S/C10H10F4NP.C2H6/c1-3-4(2)15-9-7(13)5(11)6(12)8(14)10(9)16;1-2/h15H,2-3,16H2,1H3;1-2H3. The van der Waals surface area contributed by atoms with Gasteiger partial charge in [-0.3, -0.25) is 0 Å². The predicted octanol–water partition coefficient (Wildman–Crippen LogP) is 4.11. The summed E-state index contributed by atoms with van der Waals surface area (Å²) in [5.41, 5.74) is -0.0822. The molecule has 0 aliphatic rings. The third-order valence-corrected chi connectivity index (χ3v) is 2.57. The number of allylic oxidation sites excluding steroid dienone is 1. The lowest BCUT2D eigenvalue weighted by Gasteiger charge is -2.13. The maximum absolute atomic E-state index is 13.3. The molecule has 102 valence electrons. The first-order chi connectivity index (χ1) is 8.40. The maximum atomic E-state index is 13.3. The number of rotatable bonds is 3. The molecule has 0 fully saturated rings. The Morgan fingerprint density at radius 1 is 1.06 bits per heavy atom. The summed E-state index contributed by atoms with van der Waals surface area (Å²) in [6, 6.07) is 0. The van der Waals surface area contributed by atoms with Crippen LogP contribution in [0.3, 0.4) is 0 Å². The van der Waals surface area contributed by atoms with Gasteiger partial charge in [-0.25, -0.2) is 17.6 Å². The molecule has 0 aromatic heterocycles. The molecule has 0 heterocycles. The first kappa shape index (κ1) is 16.9. The van der Waals surface area contributed by atoms with Crippen LogP contribution in [0.25, 0.3) is 0 Å². The molecular formula is C12H16F4NP. The smallest absolute Gasteiger partial charge is 0.199 e. The lowest BCUT2D eigenvalue weighted by molar-refractivity contribution is 0.414. The lowest BCUT2D eigenvalue weighted by Crippen LogP contribution is -2.16. The number of hydrogen-bond acceptors (Lipinski definition) is 1. The Kier molecular flexibility index (Phi) is 6.92. The molecule has 0 saturated carbocycles. The fraction of sp³-hybridized carbons (Fsp3) is 0.333. The van der Waals surface area contributed by atoms with Crippen LogP contribution < -0.4 is 10.6 Å². The monoisotopic (exact) mass is 281 g/mol. The number of halogens is 4. The number of nitrogens with one attached hydrogen (secondary N) is 1. The zero-order valence-electron chi connectivity index (χ0n) is 10.5. The van der Waals surface area contributed by atoms with E-state index in [-0.39, 0.29) is 0 Å². The second-order valence-electron chi connectivity index (χ2n) is 3.13. The average Bonchev–Trinajstić information content (AvgIpc) is 2.41. The van der Waals surface area contributed by atoms with Crippen LogP contribution in [0, 0.1) is 23.3 Å². The summed E-state index contributed by atoms with van der Waals surface area (Å²) in [5.74, 6) is -6.56. The summed E-state index contributed by atoms with van der Waals surface area (Å²) in [6.45, 7) is 9.23. The molecule has 0 radical (unpaired) electrons. The predicted molar refractivity (Wildman–Crippen MR) is 70.0 cm³/mol. The van der Waals surface area contributed by atoms with Crippen LogP contribution in [0.5, 0.6) is 0 Å². The van der Waals surface area contributed by atoms with Gasteiger partial charge in [0.2, 0.25) is 0 Å². The van der Waals surface area contributed by atoms with E-state index in [0.29, 0.717) is 12.1 Å². The van der Waals surface area contributed by atoms with Crippen LogP contribution in [0.2, 0.25) is 0 Å². The Morgan fingerprint density at radius 3 is 1.94 bits per heavy atom. The van der Waals surface area contributed by atoms with E-state index in [1.165, 1.54) is 0 Å². The van der Waals surface area contributed by atoms with Crippen molar-refractivity contribution in [2.24, 2.45) is 0 Å². The van der Waals surface area contributed by atoms with Gasteiger partial charge in [0.05, 0.1) is 5.69 Å². The summed E-state index contributed by atoms with van der Waals surface area (Å²) < 4.78 is 52.1. The van der Waals surface area contributed by atoms with Crippen molar-refractivity contribution >= 4 is 20.2 Å². The highest BCUT2D eigenvalue weighted by atomic mass is 31.0. The van der Waals surface area contributed by atoms with Gasteiger partial charge in [0.1, 0.15) is 0 Å². The van der Waals surface area contributed by atoms with Crippen LogP contribution in [-0.2, 0) is 0 Å². The molecule has 1 aromatic carbocycles. The molecule has 18 heavy (non-hydrogen) atoms. The van der Waals surface area contributed by atoms with Crippen molar-refractivity contribution in [2.45, 2.75) is 27.2 Å². The molecule has 0 saturated heterocycles. The molecule has 1 N–H and O–H groups in total. The average molecular weight is 281 g/mol. The van der Waals surface area contributed by atoms with E-state index in [0.717, 1.165) is 0 Å². The second kappa shape index (κ2) is 7.37. The Hall–Kier alpha value is -1.09. The first-order valence-electron chi connectivity index (χ1n) is 5.46. The SMILES string of the molecule is C=C(CC)Nc1c(F)c(F)c(F)c(F)c1P.CC. The van der Waals surface area contributed by atoms with E-state index < -0.39 is 34.3 Å². The van der Waals surface area contributed by atoms with Gasteiger partial charge < -0.3 is 5.32 Å². The van der Waals surface area contributed by atoms with Gasteiger partial charge in [0.25, 0.3) is 0 Å². The molecular weight excluding hydrogens is 265 g/mol. The van der Waals surface area contributed by atoms with Crippen molar-refractivity contribution in [1.29, 1.82) is 0 Å². The Balaban J connectivity index is 0.00000137. The topological polar surface area (TPSA) is 12.0 Å². The molecule has 0 aliphatic carbocycles. The number of hydrogen-bond donors (Lipinski definition) is 1. The molecule has 1 unspecified atom stereocenters. The zero-order chi connectivity index (χ0) is 14.5. The third-order valence-electron chi connectivity index (χ3n) is 2.03. The van der Waals surface area contributed by atoms with E-state index in [1.54, 1.807) is 6.92 Å². The Morgan fingerprint density at radius 2 is 1.50 bits per heavy atom. The van der Waals surface area contributed by atoms with E-state index in [1.807, 2.05) is 23.1 Å². The number of benzene rings is 1. The normalized spacial score (nSPS) is 9.56. The van der Waals surface area contributed by atoms with Crippen LogP contribution in [0.15, 0.2) is 12.3 Å². The summed E-state index contributed by atoms with van der Waals surface area (Å²) in [5, 5.41) is 2.00. The summed E-state index contributed by atoms with van der Waals surface area (Å²) in [7, 11) is 1.82. The maximum Gasteiger partial charge on any atom is 0.199 e. The molecule has 0 spiro atoms. The fourth-order valence-electron chi connectivity index (χ4n) is 1.04. The summed E-state index contributed by atoms with van der Waals surface area (Å²) in [4.78, 5) is 0. The molecule has 1 atom stereocenters. The van der Waals surface area contributed by atoms with Crippen LogP contribution in [0.1, 0.15) is 27.2 Å². The largest absolute Gasteiger partial charge is 0.356 e. The molecule has 1 aromatic rings. The first-order valence-corrected chi connectivity index (χ1v) is 6.04. The molecule has 0 aliphatic heterocycles. The van der Waals surface area contributed by atoms with Gasteiger partial charge in [-0.15, -0.1) is 0 Å². The molecule has 1 nitrogen and oxygen atoms in total. The van der Waals surface area contributed by atoms with Gasteiger partial charge >= 0.3 is 0 Å². The van der Waals surface area contributed by atoms with Gasteiger partial charge in [0.15, 0.2) is 23.3 Å². The van der Waals surface area contributed by atoms with Crippen molar-refractivity contribution in [2.75, 3.05) is 5.32 Å².